The van der Waals surface area contributed by atoms with Gasteiger partial charge in [-0.1, -0.05) is 6.07 Å². The van der Waals surface area contributed by atoms with Crippen LogP contribution in [0.25, 0.3) is 5.82 Å². The lowest BCUT2D eigenvalue weighted by molar-refractivity contribution is -0.122. The summed E-state index contributed by atoms with van der Waals surface area (Å²) in [5.74, 6) is 0.749. The maximum atomic E-state index is 12.8. The lowest BCUT2D eigenvalue weighted by Crippen LogP contribution is -2.28. The Bertz CT molecular complexity index is 1110. The molecule has 0 bridgehead atoms. The van der Waals surface area contributed by atoms with Gasteiger partial charge in [-0.15, -0.1) is 0 Å². The Balaban J connectivity index is 1.47. The zero-order valence-electron chi connectivity index (χ0n) is 17.0. The van der Waals surface area contributed by atoms with Crippen LogP contribution >= 0.6 is 0 Å². The summed E-state index contributed by atoms with van der Waals surface area (Å²) < 4.78 is 6.91. The highest BCUT2D eigenvalue weighted by Crippen LogP contribution is 2.28. The fraction of sp³-hybridized carbons (Fsp3) is 0.286. The number of ether oxygens (including phenoxy) is 1. The predicted molar refractivity (Wildman–Crippen MR) is 111 cm³/mol. The molecule has 1 aliphatic heterocycles. The van der Waals surface area contributed by atoms with Crippen molar-refractivity contribution in [3.05, 3.63) is 54.1 Å². The maximum absolute atomic E-state index is 12.8. The molecule has 0 saturated carbocycles. The van der Waals surface area contributed by atoms with Gasteiger partial charge in [-0.3, -0.25) is 9.59 Å². The van der Waals surface area contributed by atoms with Crippen molar-refractivity contribution in [2.75, 3.05) is 23.9 Å². The van der Waals surface area contributed by atoms with E-state index in [2.05, 4.69) is 20.4 Å². The van der Waals surface area contributed by atoms with Gasteiger partial charge in [0.1, 0.15) is 17.9 Å². The first-order valence-corrected chi connectivity index (χ1v) is 9.55. The smallest absolute Gasteiger partial charge is 0.230 e. The van der Waals surface area contributed by atoms with Crippen LogP contribution < -0.4 is 15.0 Å². The molecule has 3 heterocycles. The Morgan fingerprint density at radius 3 is 2.77 bits per heavy atom. The molecule has 4 rings (SSSR count). The molecule has 2 aromatic heterocycles. The Morgan fingerprint density at radius 2 is 2.03 bits per heavy atom. The van der Waals surface area contributed by atoms with Crippen molar-refractivity contribution < 1.29 is 14.3 Å². The summed E-state index contributed by atoms with van der Waals surface area (Å²) in [6.07, 6.45) is 1.52. The largest absolute Gasteiger partial charge is 0.497 e. The van der Waals surface area contributed by atoms with Crippen LogP contribution in [0.2, 0.25) is 0 Å². The molecule has 2 amide bonds. The van der Waals surface area contributed by atoms with Crippen LogP contribution in [0.5, 0.6) is 5.75 Å². The van der Waals surface area contributed by atoms with E-state index in [1.807, 2.05) is 38.1 Å². The first kappa shape index (κ1) is 19.6. The second kappa shape index (κ2) is 7.94. The summed E-state index contributed by atoms with van der Waals surface area (Å²) in [5.41, 5.74) is 2.51. The first-order valence-electron chi connectivity index (χ1n) is 9.55. The Morgan fingerprint density at radius 1 is 1.20 bits per heavy atom. The summed E-state index contributed by atoms with van der Waals surface area (Å²) in [5, 5.41) is 7.20. The monoisotopic (exact) mass is 406 g/mol. The number of amides is 2. The number of nitrogens with one attached hydrogen (secondary N) is 1. The molecule has 0 aliphatic carbocycles. The zero-order valence-corrected chi connectivity index (χ0v) is 17.0. The van der Waals surface area contributed by atoms with Gasteiger partial charge in [0.05, 0.1) is 18.7 Å². The van der Waals surface area contributed by atoms with E-state index in [9.17, 15) is 9.59 Å². The quantitative estimate of drug-likeness (QED) is 0.697. The highest BCUT2D eigenvalue weighted by atomic mass is 16.5. The Labute approximate surface area is 173 Å². The number of carbonyl (C=O) groups is 2. The molecule has 1 fully saturated rings. The lowest BCUT2D eigenvalue weighted by atomic mass is 10.1. The number of hydrogen-bond acceptors (Lipinski definition) is 6. The summed E-state index contributed by atoms with van der Waals surface area (Å²) in [6, 6.07) is 10.8. The molecule has 1 aromatic carbocycles. The zero-order chi connectivity index (χ0) is 21.3. The standard InChI is InChI=1S/C21H22N6O3/c1-13-7-14(2)27(25-13)19-10-18(22-12-23-19)24-21(29)15-8-20(28)26(11-15)16-5-4-6-17(9-16)30-3/h4-7,9-10,12,15H,8,11H2,1-3H3,(H,22,23,24,29). The Kier molecular flexibility index (Phi) is 5.18. The van der Waals surface area contributed by atoms with Gasteiger partial charge in [0.15, 0.2) is 5.82 Å². The third-order valence-corrected chi connectivity index (χ3v) is 4.99. The molecular formula is C21H22N6O3. The molecule has 1 aliphatic rings. The molecular weight excluding hydrogens is 384 g/mol. The predicted octanol–water partition coefficient (Wildman–Crippen LogP) is 2.28. The van der Waals surface area contributed by atoms with Crippen molar-refractivity contribution in [3.8, 4) is 11.6 Å². The fourth-order valence-corrected chi connectivity index (χ4v) is 3.53. The number of aryl methyl sites for hydroxylation is 2. The average Bonchev–Trinajstić information content (AvgIpc) is 3.29. The number of carbonyl (C=O) groups excluding carboxylic acids is 2. The van der Waals surface area contributed by atoms with Gasteiger partial charge in [-0.2, -0.15) is 5.10 Å². The highest BCUT2D eigenvalue weighted by Gasteiger charge is 2.35. The third-order valence-electron chi connectivity index (χ3n) is 4.99. The molecule has 3 aromatic rings. The molecule has 0 radical (unpaired) electrons. The van der Waals surface area contributed by atoms with Gasteiger partial charge >= 0.3 is 0 Å². The normalized spacial score (nSPS) is 16.0. The van der Waals surface area contributed by atoms with Crippen molar-refractivity contribution in [1.29, 1.82) is 0 Å². The van der Waals surface area contributed by atoms with E-state index < -0.39 is 5.92 Å². The van der Waals surface area contributed by atoms with E-state index in [1.54, 1.807) is 28.8 Å². The molecule has 1 saturated heterocycles. The molecule has 1 atom stereocenters. The molecule has 1 unspecified atom stereocenters. The van der Waals surface area contributed by atoms with E-state index >= 15 is 0 Å². The summed E-state index contributed by atoms with van der Waals surface area (Å²) in [6.45, 7) is 4.13. The SMILES string of the molecule is COc1cccc(N2CC(C(=O)Nc3cc(-n4nc(C)cc4C)ncn3)CC2=O)c1. The van der Waals surface area contributed by atoms with Gasteiger partial charge < -0.3 is 15.0 Å². The third kappa shape index (κ3) is 3.86. The van der Waals surface area contributed by atoms with E-state index in [-0.39, 0.29) is 18.2 Å². The van der Waals surface area contributed by atoms with Crippen molar-refractivity contribution in [1.82, 2.24) is 19.7 Å². The molecule has 30 heavy (non-hydrogen) atoms. The van der Waals surface area contributed by atoms with Crippen LogP contribution in [-0.4, -0.2) is 45.2 Å². The van der Waals surface area contributed by atoms with E-state index in [4.69, 9.17) is 4.74 Å². The summed E-state index contributed by atoms with van der Waals surface area (Å²) >= 11 is 0. The number of aromatic nitrogens is 4. The first-order chi connectivity index (χ1) is 14.4. The molecule has 9 nitrogen and oxygen atoms in total. The number of nitrogens with zero attached hydrogens (tertiary/aromatic N) is 5. The van der Waals surface area contributed by atoms with Crippen LogP contribution in [-0.2, 0) is 9.59 Å². The fourth-order valence-electron chi connectivity index (χ4n) is 3.53. The van der Waals surface area contributed by atoms with E-state index in [1.165, 1.54) is 6.33 Å². The van der Waals surface area contributed by atoms with Crippen LogP contribution in [0.4, 0.5) is 11.5 Å². The van der Waals surface area contributed by atoms with Gasteiger partial charge in [-0.25, -0.2) is 14.6 Å². The van der Waals surface area contributed by atoms with Gasteiger partial charge in [-0.05, 0) is 32.0 Å². The number of benzene rings is 1. The van der Waals surface area contributed by atoms with Gasteiger partial charge in [0.25, 0.3) is 0 Å². The lowest BCUT2D eigenvalue weighted by Gasteiger charge is -2.17. The van der Waals surface area contributed by atoms with Crippen LogP contribution in [0.1, 0.15) is 17.8 Å². The number of hydrogen-bond donors (Lipinski definition) is 1. The molecule has 9 heteroatoms. The van der Waals surface area contributed by atoms with Crippen LogP contribution in [0.3, 0.4) is 0 Å². The highest BCUT2D eigenvalue weighted by molar-refractivity contribution is 6.03. The molecule has 1 N–H and O–H groups in total. The maximum Gasteiger partial charge on any atom is 0.230 e. The van der Waals surface area contributed by atoms with Crippen molar-refractivity contribution in [2.24, 2.45) is 5.92 Å². The van der Waals surface area contributed by atoms with E-state index in [0.29, 0.717) is 29.6 Å². The van der Waals surface area contributed by atoms with Crippen molar-refractivity contribution in [2.45, 2.75) is 20.3 Å². The van der Waals surface area contributed by atoms with Gasteiger partial charge in [0, 0.05) is 36.5 Å². The van der Waals surface area contributed by atoms with Crippen LogP contribution in [0.15, 0.2) is 42.7 Å². The minimum atomic E-state index is -0.476. The number of anilines is 2. The van der Waals surface area contributed by atoms with Crippen molar-refractivity contribution in [3.63, 3.8) is 0 Å². The second-order valence-corrected chi connectivity index (χ2v) is 7.20. The molecule has 0 spiro atoms. The number of methoxy groups -OCH3 is 1. The Hall–Kier alpha value is -3.75. The van der Waals surface area contributed by atoms with Crippen LogP contribution in [0, 0.1) is 19.8 Å². The van der Waals surface area contributed by atoms with Crippen molar-refractivity contribution >= 4 is 23.3 Å². The van der Waals surface area contributed by atoms with E-state index in [0.717, 1.165) is 11.4 Å². The number of rotatable bonds is 5. The van der Waals surface area contributed by atoms with Gasteiger partial charge in [0.2, 0.25) is 11.8 Å². The molecule has 154 valence electrons. The topological polar surface area (TPSA) is 102 Å². The minimum absolute atomic E-state index is 0.102. The second-order valence-electron chi connectivity index (χ2n) is 7.20. The summed E-state index contributed by atoms with van der Waals surface area (Å²) in [4.78, 5) is 35.2. The average molecular weight is 406 g/mol. The minimum Gasteiger partial charge on any atom is -0.497 e. The summed E-state index contributed by atoms with van der Waals surface area (Å²) in [7, 11) is 1.57.